The number of para-hydroxylation sites is 1. The molecule has 0 aliphatic carbocycles. The lowest BCUT2D eigenvalue weighted by Gasteiger charge is -2.11. The second-order valence-corrected chi connectivity index (χ2v) is 8.70. The molecule has 3 aromatic heterocycles. The summed E-state index contributed by atoms with van der Waals surface area (Å²) in [6, 6.07) is 5.23. The Morgan fingerprint density at radius 1 is 1.31 bits per heavy atom. The summed E-state index contributed by atoms with van der Waals surface area (Å²) in [5.41, 5.74) is 1.54. The Bertz CT molecular complexity index is 1470. The van der Waals surface area contributed by atoms with Crippen molar-refractivity contribution in [2.24, 2.45) is 7.05 Å². The van der Waals surface area contributed by atoms with Gasteiger partial charge < -0.3 is 9.55 Å². The smallest absolute Gasteiger partial charge is 0.266 e. The molecular formula is C21H18F2N6O2S. The maximum atomic E-state index is 13.1. The zero-order valence-corrected chi connectivity index (χ0v) is 17.9. The van der Waals surface area contributed by atoms with E-state index in [4.69, 9.17) is 6.42 Å². The Morgan fingerprint density at radius 3 is 2.75 bits per heavy atom. The topological polar surface area (TPSA) is 106 Å². The average molecular weight is 456 g/mol. The predicted molar refractivity (Wildman–Crippen MR) is 116 cm³/mol. The number of aromatic amines is 1. The largest absolute Gasteiger partial charge is 0.359 e. The van der Waals surface area contributed by atoms with Crippen LogP contribution in [0.1, 0.15) is 17.0 Å². The molecule has 8 nitrogen and oxygen atoms in total. The number of fused-ring (bicyclic) bond motifs is 1. The van der Waals surface area contributed by atoms with Gasteiger partial charge in [0.25, 0.3) is 10.0 Å². The predicted octanol–water partition coefficient (Wildman–Crippen LogP) is 3.26. The minimum absolute atomic E-state index is 0.0243. The minimum Gasteiger partial charge on any atom is -0.359 e. The number of nitrogens with zero attached hydrogens (tertiary/aromatic N) is 4. The molecule has 0 fully saturated rings. The maximum absolute atomic E-state index is 13.1. The highest BCUT2D eigenvalue weighted by Crippen LogP contribution is 2.31. The van der Waals surface area contributed by atoms with Crippen molar-refractivity contribution in [1.82, 2.24) is 24.5 Å². The molecule has 0 amide bonds. The van der Waals surface area contributed by atoms with E-state index in [1.165, 1.54) is 13.1 Å². The summed E-state index contributed by atoms with van der Waals surface area (Å²) in [4.78, 5) is 15.3. The molecule has 3 heterocycles. The van der Waals surface area contributed by atoms with E-state index in [0.29, 0.717) is 16.7 Å². The first-order valence-corrected chi connectivity index (χ1v) is 10.9. The number of rotatable bonds is 6. The average Bonchev–Trinajstić information content (AvgIpc) is 3.35. The fourth-order valence-corrected chi connectivity index (χ4v) is 4.61. The van der Waals surface area contributed by atoms with Crippen molar-refractivity contribution in [2.45, 2.75) is 24.7 Å². The molecule has 0 aliphatic rings. The van der Waals surface area contributed by atoms with Crippen LogP contribution in [0.4, 0.5) is 14.7 Å². The van der Waals surface area contributed by atoms with E-state index in [1.54, 1.807) is 24.5 Å². The van der Waals surface area contributed by atoms with Gasteiger partial charge in [0, 0.05) is 54.3 Å². The van der Waals surface area contributed by atoms with Crippen LogP contribution in [0.25, 0.3) is 22.3 Å². The van der Waals surface area contributed by atoms with Crippen LogP contribution in [0.5, 0.6) is 0 Å². The van der Waals surface area contributed by atoms with Crippen molar-refractivity contribution in [3.05, 3.63) is 53.7 Å². The van der Waals surface area contributed by atoms with Gasteiger partial charge in [0.05, 0.1) is 5.52 Å². The van der Waals surface area contributed by atoms with E-state index in [-0.39, 0.29) is 27.8 Å². The van der Waals surface area contributed by atoms with Crippen molar-refractivity contribution in [3.8, 4) is 23.7 Å². The number of aromatic nitrogens is 5. The highest BCUT2D eigenvalue weighted by molar-refractivity contribution is 7.93. The van der Waals surface area contributed by atoms with Gasteiger partial charge in [-0.1, -0.05) is 12.1 Å². The van der Waals surface area contributed by atoms with Gasteiger partial charge in [-0.2, -0.15) is 0 Å². The zero-order chi connectivity index (χ0) is 23.0. The lowest BCUT2D eigenvalue weighted by Crippen LogP contribution is -2.17. The molecule has 0 saturated heterocycles. The molecule has 0 unspecified atom stereocenters. The van der Waals surface area contributed by atoms with Crippen LogP contribution in [0.2, 0.25) is 0 Å². The lowest BCUT2D eigenvalue weighted by atomic mass is 10.1. The number of hydrogen-bond acceptors (Lipinski definition) is 5. The Labute approximate surface area is 182 Å². The molecular weight excluding hydrogens is 438 g/mol. The monoisotopic (exact) mass is 456 g/mol. The van der Waals surface area contributed by atoms with E-state index >= 15 is 0 Å². The molecule has 164 valence electrons. The first-order chi connectivity index (χ1) is 15.2. The van der Waals surface area contributed by atoms with Crippen molar-refractivity contribution < 1.29 is 17.2 Å². The van der Waals surface area contributed by atoms with Gasteiger partial charge in [0.2, 0.25) is 12.4 Å². The third-order valence-corrected chi connectivity index (χ3v) is 6.33. The number of hydrogen-bond donors (Lipinski definition) is 2. The lowest BCUT2D eigenvalue weighted by molar-refractivity contribution is 0.148. The third kappa shape index (κ3) is 3.80. The van der Waals surface area contributed by atoms with Gasteiger partial charge in [0.15, 0.2) is 0 Å². The molecule has 0 saturated carbocycles. The van der Waals surface area contributed by atoms with Gasteiger partial charge in [-0.25, -0.2) is 36.9 Å². The Hall–Kier alpha value is -3.78. The second kappa shape index (κ2) is 8.05. The summed E-state index contributed by atoms with van der Waals surface area (Å²) in [5, 5.41) is 0.446. The molecule has 4 aromatic rings. The zero-order valence-electron chi connectivity index (χ0n) is 17.1. The summed E-state index contributed by atoms with van der Waals surface area (Å²) in [7, 11) is -2.28. The van der Waals surface area contributed by atoms with Crippen molar-refractivity contribution in [1.29, 1.82) is 0 Å². The summed E-state index contributed by atoms with van der Waals surface area (Å²) in [6.07, 6.45) is 6.95. The molecule has 32 heavy (non-hydrogen) atoms. The van der Waals surface area contributed by atoms with Crippen LogP contribution < -0.4 is 4.72 Å². The number of alkyl halides is 2. The summed E-state index contributed by atoms with van der Waals surface area (Å²) >= 11 is 0. The number of sulfonamides is 1. The van der Waals surface area contributed by atoms with Gasteiger partial charge >= 0.3 is 0 Å². The first-order valence-electron chi connectivity index (χ1n) is 9.44. The fourth-order valence-electron chi connectivity index (χ4n) is 3.50. The van der Waals surface area contributed by atoms with Crippen LogP contribution in [0, 0.1) is 19.3 Å². The molecule has 0 atom stereocenters. The number of benzene rings is 1. The van der Waals surface area contributed by atoms with E-state index in [1.807, 2.05) is 17.7 Å². The molecule has 0 bridgehead atoms. The molecule has 4 rings (SSSR count). The van der Waals surface area contributed by atoms with E-state index in [2.05, 4.69) is 30.6 Å². The molecule has 0 radical (unpaired) electrons. The summed E-state index contributed by atoms with van der Waals surface area (Å²) in [6.45, 7) is 1.48. The molecule has 0 aliphatic heterocycles. The van der Waals surface area contributed by atoms with Gasteiger partial charge in [-0.05, 0) is 18.9 Å². The highest BCUT2D eigenvalue weighted by atomic mass is 32.2. The van der Waals surface area contributed by atoms with Crippen LogP contribution in [-0.4, -0.2) is 39.3 Å². The molecule has 11 heteroatoms. The standard InChI is InChI=1S/C21H18F2N6O2S/c1-4-16-15(10-18(22)23)12(2)26-21(27-16)28-32(30,31)17-11-25-19-13(17)6-5-7-14(19)20-24-8-9-29(20)3/h1,5-9,11,18,25H,10H2,2-3H3,(H,26,27,28). The fraction of sp³-hybridized carbons (Fsp3) is 0.190. The number of nitrogens with one attached hydrogen (secondary N) is 2. The quantitative estimate of drug-likeness (QED) is 0.433. The third-order valence-electron chi connectivity index (χ3n) is 4.96. The molecule has 2 N–H and O–H groups in total. The number of H-pyrrole nitrogens is 1. The van der Waals surface area contributed by atoms with Crippen molar-refractivity contribution in [2.75, 3.05) is 4.72 Å². The number of anilines is 1. The Kier molecular flexibility index (Phi) is 5.40. The SMILES string of the molecule is C#Cc1nc(NS(=O)(=O)c2c[nH]c3c(-c4nccn4C)cccc23)nc(C)c1CC(F)F. The minimum atomic E-state index is -4.12. The number of terminal acetylenes is 1. The van der Waals surface area contributed by atoms with Gasteiger partial charge in [0.1, 0.15) is 16.4 Å². The van der Waals surface area contributed by atoms with Gasteiger partial charge in [-0.15, -0.1) is 6.42 Å². The normalized spacial score (nSPS) is 11.8. The highest BCUT2D eigenvalue weighted by Gasteiger charge is 2.23. The maximum Gasteiger partial charge on any atom is 0.266 e. The second-order valence-electron chi connectivity index (χ2n) is 7.05. The summed E-state index contributed by atoms with van der Waals surface area (Å²) in [5.74, 6) is 2.61. The van der Waals surface area contributed by atoms with Crippen LogP contribution >= 0.6 is 0 Å². The van der Waals surface area contributed by atoms with E-state index in [9.17, 15) is 17.2 Å². The van der Waals surface area contributed by atoms with Crippen molar-refractivity contribution in [3.63, 3.8) is 0 Å². The first kappa shape index (κ1) is 21.5. The number of aryl methyl sites for hydroxylation is 2. The van der Waals surface area contributed by atoms with Gasteiger partial charge in [-0.3, -0.25) is 0 Å². The van der Waals surface area contributed by atoms with Crippen molar-refractivity contribution >= 4 is 26.9 Å². The van der Waals surface area contributed by atoms with E-state index < -0.39 is 22.9 Å². The molecule has 1 aromatic carbocycles. The van der Waals surface area contributed by atoms with Crippen LogP contribution in [0.3, 0.4) is 0 Å². The van der Waals surface area contributed by atoms with Crippen LogP contribution in [0.15, 0.2) is 41.7 Å². The number of halogens is 2. The Morgan fingerprint density at radius 2 is 2.09 bits per heavy atom. The molecule has 0 spiro atoms. The number of imidazole rings is 1. The Balaban J connectivity index is 1.75. The van der Waals surface area contributed by atoms with E-state index in [0.717, 1.165) is 5.56 Å². The summed E-state index contributed by atoms with van der Waals surface area (Å²) < 4.78 is 56.0. The van der Waals surface area contributed by atoms with Crippen LogP contribution in [-0.2, 0) is 23.5 Å².